The standard InChI is InChI=1S/C7H4ClNOS/c8-6-3-1-2-4-7(6)11-9-5-10/h1-4H. The zero-order valence-electron chi connectivity index (χ0n) is 5.45. The summed E-state index contributed by atoms with van der Waals surface area (Å²) in [6.07, 6.45) is 1.42. The van der Waals surface area contributed by atoms with E-state index >= 15 is 0 Å². The summed E-state index contributed by atoms with van der Waals surface area (Å²) in [5.74, 6) is 0. The van der Waals surface area contributed by atoms with Gasteiger partial charge in [-0.25, -0.2) is 4.79 Å². The molecule has 1 aromatic carbocycles. The number of benzene rings is 1. The number of nitrogens with zero attached hydrogens (tertiary/aromatic N) is 1. The molecule has 0 atom stereocenters. The van der Waals surface area contributed by atoms with Gasteiger partial charge in [-0.1, -0.05) is 23.7 Å². The van der Waals surface area contributed by atoms with Crippen molar-refractivity contribution in [3.8, 4) is 0 Å². The predicted molar refractivity (Wildman–Crippen MR) is 45.4 cm³/mol. The molecule has 0 amide bonds. The molecule has 0 aliphatic heterocycles. The molecular weight excluding hydrogens is 182 g/mol. The fourth-order valence-electron chi connectivity index (χ4n) is 0.587. The molecule has 0 aromatic heterocycles. The van der Waals surface area contributed by atoms with Crippen LogP contribution < -0.4 is 0 Å². The van der Waals surface area contributed by atoms with E-state index in [1.54, 1.807) is 12.1 Å². The van der Waals surface area contributed by atoms with Crippen molar-refractivity contribution in [1.82, 2.24) is 0 Å². The Morgan fingerprint density at radius 1 is 1.45 bits per heavy atom. The lowest BCUT2D eigenvalue weighted by Crippen LogP contribution is -1.68. The molecular formula is C7H4ClNOS. The normalized spacial score (nSPS) is 8.82. The maximum Gasteiger partial charge on any atom is 0.247 e. The van der Waals surface area contributed by atoms with Gasteiger partial charge in [0, 0.05) is 11.9 Å². The second kappa shape index (κ2) is 4.19. The van der Waals surface area contributed by atoms with Gasteiger partial charge in [0.05, 0.1) is 9.92 Å². The highest BCUT2D eigenvalue weighted by Crippen LogP contribution is 2.26. The van der Waals surface area contributed by atoms with Crippen LogP contribution >= 0.6 is 23.5 Å². The van der Waals surface area contributed by atoms with Crippen LogP contribution in [-0.4, -0.2) is 6.08 Å². The topological polar surface area (TPSA) is 29.4 Å². The number of isocyanates is 1. The molecule has 0 saturated heterocycles. The summed E-state index contributed by atoms with van der Waals surface area (Å²) in [5.41, 5.74) is 0. The van der Waals surface area contributed by atoms with Gasteiger partial charge in [0.25, 0.3) is 0 Å². The van der Waals surface area contributed by atoms with Crippen LogP contribution in [0.4, 0.5) is 0 Å². The van der Waals surface area contributed by atoms with Crippen molar-refractivity contribution in [3.63, 3.8) is 0 Å². The Bertz CT molecular complexity index is 296. The third kappa shape index (κ3) is 2.39. The monoisotopic (exact) mass is 185 g/mol. The van der Waals surface area contributed by atoms with Gasteiger partial charge in [0.15, 0.2) is 0 Å². The Kier molecular flexibility index (Phi) is 3.17. The number of hydrogen-bond acceptors (Lipinski definition) is 3. The van der Waals surface area contributed by atoms with Crippen molar-refractivity contribution in [2.45, 2.75) is 4.90 Å². The van der Waals surface area contributed by atoms with E-state index < -0.39 is 0 Å². The van der Waals surface area contributed by atoms with Gasteiger partial charge < -0.3 is 0 Å². The lowest BCUT2D eigenvalue weighted by molar-refractivity contribution is 0.566. The fraction of sp³-hybridized carbons (Fsp3) is 0. The second-order valence-electron chi connectivity index (χ2n) is 1.70. The van der Waals surface area contributed by atoms with Gasteiger partial charge in [-0.05, 0) is 12.1 Å². The lowest BCUT2D eigenvalue weighted by atomic mass is 10.4. The number of hydrogen-bond donors (Lipinski definition) is 0. The number of carbonyl (C=O) groups excluding carboxylic acids is 1. The first-order chi connectivity index (χ1) is 5.34. The predicted octanol–water partition coefficient (Wildman–Crippen LogP) is 2.68. The number of halogens is 1. The van der Waals surface area contributed by atoms with Gasteiger partial charge in [-0.3, -0.25) is 0 Å². The maximum absolute atomic E-state index is 9.73. The number of rotatable bonds is 2. The lowest BCUT2D eigenvalue weighted by Gasteiger charge is -1.94. The van der Waals surface area contributed by atoms with E-state index in [-0.39, 0.29) is 0 Å². The van der Waals surface area contributed by atoms with Crippen molar-refractivity contribution in [1.29, 1.82) is 0 Å². The molecule has 0 unspecified atom stereocenters. The molecule has 1 rings (SSSR count). The third-order valence-corrected chi connectivity index (χ3v) is 2.18. The summed E-state index contributed by atoms with van der Waals surface area (Å²) in [6.45, 7) is 0. The van der Waals surface area contributed by atoms with Gasteiger partial charge in [-0.2, -0.15) is 0 Å². The van der Waals surface area contributed by atoms with Crippen LogP contribution in [0.25, 0.3) is 0 Å². The molecule has 0 fully saturated rings. The summed E-state index contributed by atoms with van der Waals surface area (Å²) in [4.78, 5) is 10.5. The molecule has 11 heavy (non-hydrogen) atoms. The van der Waals surface area contributed by atoms with Gasteiger partial charge >= 0.3 is 0 Å². The fourth-order valence-corrected chi connectivity index (χ4v) is 1.26. The maximum atomic E-state index is 9.73. The Balaban J connectivity index is 2.85. The Labute approximate surface area is 73.4 Å². The Morgan fingerprint density at radius 2 is 2.18 bits per heavy atom. The van der Waals surface area contributed by atoms with E-state index in [9.17, 15) is 4.79 Å². The molecule has 2 nitrogen and oxygen atoms in total. The molecule has 1 aromatic rings. The van der Waals surface area contributed by atoms with E-state index in [0.717, 1.165) is 16.8 Å². The van der Waals surface area contributed by atoms with Crippen molar-refractivity contribution in [2.75, 3.05) is 0 Å². The zero-order chi connectivity index (χ0) is 8.10. The summed E-state index contributed by atoms with van der Waals surface area (Å²) >= 11 is 6.77. The van der Waals surface area contributed by atoms with Crippen LogP contribution in [0.15, 0.2) is 33.6 Å². The summed E-state index contributed by atoms with van der Waals surface area (Å²) in [5, 5.41) is 0.594. The molecule has 0 saturated carbocycles. The van der Waals surface area contributed by atoms with Crippen LogP contribution in [0.2, 0.25) is 5.02 Å². The van der Waals surface area contributed by atoms with Crippen LogP contribution in [0.5, 0.6) is 0 Å². The van der Waals surface area contributed by atoms with Gasteiger partial charge in [0.1, 0.15) is 0 Å². The van der Waals surface area contributed by atoms with E-state index in [1.807, 2.05) is 12.1 Å². The second-order valence-corrected chi connectivity index (χ2v) is 2.92. The van der Waals surface area contributed by atoms with Crippen LogP contribution in [0.1, 0.15) is 0 Å². The van der Waals surface area contributed by atoms with E-state index in [4.69, 9.17) is 11.6 Å². The highest BCUT2D eigenvalue weighted by atomic mass is 35.5. The average Bonchev–Trinajstić information content (AvgIpc) is 2.03. The molecule has 56 valence electrons. The molecule has 0 heterocycles. The quantitative estimate of drug-likeness (QED) is 0.403. The molecule has 4 heteroatoms. The van der Waals surface area contributed by atoms with Crippen LogP contribution in [0, 0.1) is 0 Å². The van der Waals surface area contributed by atoms with Gasteiger partial charge in [0.2, 0.25) is 6.08 Å². The summed E-state index contributed by atoms with van der Waals surface area (Å²) < 4.78 is 3.33. The largest absolute Gasteiger partial charge is 0.247 e. The molecule has 0 aliphatic rings. The SMILES string of the molecule is O=C=NSc1ccccc1Cl. The minimum absolute atomic E-state index is 0.594. The van der Waals surface area contributed by atoms with E-state index in [1.165, 1.54) is 6.08 Å². The first-order valence-electron chi connectivity index (χ1n) is 2.83. The summed E-state index contributed by atoms with van der Waals surface area (Å²) in [6, 6.07) is 7.17. The average molecular weight is 186 g/mol. The minimum atomic E-state index is 0.594. The highest BCUT2D eigenvalue weighted by Gasteiger charge is 1.96. The Morgan fingerprint density at radius 3 is 2.82 bits per heavy atom. The first kappa shape index (κ1) is 8.34. The van der Waals surface area contributed by atoms with Crippen molar-refractivity contribution >= 4 is 29.6 Å². The Hall–Kier alpha value is -0.760. The van der Waals surface area contributed by atoms with Crippen molar-refractivity contribution in [2.24, 2.45) is 4.40 Å². The molecule has 0 N–H and O–H groups in total. The third-order valence-electron chi connectivity index (χ3n) is 1.02. The smallest absolute Gasteiger partial charge is 0.210 e. The van der Waals surface area contributed by atoms with Gasteiger partial charge in [-0.15, -0.1) is 4.40 Å². The molecule has 0 spiro atoms. The van der Waals surface area contributed by atoms with Crippen molar-refractivity contribution in [3.05, 3.63) is 29.3 Å². The molecule has 0 radical (unpaired) electrons. The zero-order valence-corrected chi connectivity index (χ0v) is 7.02. The van der Waals surface area contributed by atoms with Crippen molar-refractivity contribution < 1.29 is 4.79 Å². The summed E-state index contributed by atoms with van der Waals surface area (Å²) in [7, 11) is 0. The van der Waals surface area contributed by atoms with E-state index in [0.29, 0.717) is 5.02 Å². The molecule has 0 aliphatic carbocycles. The van der Waals surface area contributed by atoms with E-state index in [2.05, 4.69) is 4.40 Å². The minimum Gasteiger partial charge on any atom is -0.210 e. The molecule has 0 bridgehead atoms. The highest BCUT2D eigenvalue weighted by molar-refractivity contribution is 7.98. The van der Waals surface area contributed by atoms with Crippen LogP contribution in [-0.2, 0) is 4.79 Å². The first-order valence-corrected chi connectivity index (χ1v) is 3.98. The van der Waals surface area contributed by atoms with Crippen LogP contribution in [0.3, 0.4) is 0 Å².